The lowest BCUT2D eigenvalue weighted by Crippen LogP contribution is -2.30. The first-order chi connectivity index (χ1) is 14.4. The molecule has 0 saturated carbocycles. The van der Waals surface area contributed by atoms with E-state index in [1.54, 1.807) is 24.3 Å². The number of anilines is 1. The van der Waals surface area contributed by atoms with Crippen LogP contribution in [0.2, 0.25) is 0 Å². The van der Waals surface area contributed by atoms with Gasteiger partial charge in [0.2, 0.25) is 0 Å². The third kappa shape index (κ3) is 3.56. The number of hydrogen-bond acceptors (Lipinski definition) is 3. The summed E-state index contributed by atoms with van der Waals surface area (Å²) in [7, 11) is 0. The molecule has 4 aromatic rings. The van der Waals surface area contributed by atoms with Gasteiger partial charge >= 0.3 is 12.1 Å². The van der Waals surface area contributed by atoms with E-state index in [0.29, 0.717) is 22.2 Å². The van der Waals surface area contributed by atoms with E-state index < -0.39 is 12.1 Å². The number of carbonyl (C=O) groups is 1. The van der Waals surface area contributed by atoms with Crippen molar-refractivity contribution in [3.63, 3.8) is 0 Å². The normalized spacial score (nSPS) is 11.3. The van der Waals surface area contributed by atoms with Crippen LogP contribution in [0, 0.1) is 0 Å². The van der Waals surface area contributed by atoms with Crippen molar-refractivity contribution in [3.05, 3.63) is 72.8 Å². The molecule has 0 saturated heterocycles. The number of rotatable bonds is 3. The maximum Gasteiger partial charge on any atom is 0.471 e. The molecule has 0 aliphatic heterocycles. The highest BCUT2D eigenvalue weighted by Gasteiger charge is 2.39. The van der Waals surface area contributed by atoms with Gasteiger partial charge in [0.05, 0.1) is 10.8 Å². The van der Waals surface area contributed by atoms with E-state index in [9.17, 15) is 18.0 Å². The van der Waals surface area contributed by atoms with Crippen LogP contribution in [-0.4, -0.2) is 17.2 Å². The van der Waals surface area contributed by atoms with Crippen LogP contribution < -0.4 is 5.32 Å². The molecule has 4 rings (SSSR count). The second kappa shape index (κ2) is 7.71. The van der Waals surface area contributed by atoms with Gasteiger partial charge in [0.1, 0.15) is 0 Å². The van der Waals surface area contributed by atoms with Gasteiger partial charge in [-0.2, -0.15) is 18.2 Å². The summed E-state index contributed by atoms with van der Waals surface area (Å²) in [6.45, 7) is 0. The number of thiocarbonyl (C=S) groups is 1. The van der Waals surface area contributed by atoms with E-state index in [0.717, 1.165) is 16.2 Å². The van der Waals surface area contributed by atoms with Crippen molar-refractivity contribution in [3.8, 4) is 11.1 Å². The summed E-state index contributed by atoms with van der Waals surface area (Å²) >= 11 is 4.78. The standard InChI is InChI=1S/C23H13F3N2OS/c24-23(25,26)22(29)28-19-12-10-15-6-2-4-8-17(15)21(19)20-16-7-3-1-5-14(16)9-11-18(20)27-13-30/h1-12H,(H,28,29). The van der Waals surface area contributed by atoms with Crippen LogP contribution in [0.1, 0.15) is 0 Å². The number of fused-ring (bicyclic) bond motifs is 2. The van der Waals surface area contributed by atoms with Gasteiger partial charge in [0.25, 0.3) is 0 Å². The molecule has 0 heterocycles. The van der Waals surface area contributed by atoms with Crippen LogP contribution >= 0.6 is 12.2 Å². The highest BCUT2D eigenvalue weighted by Crippen LogP contribution is 2.44. The highest BCUT2D eigenvalue weighted by molar-refractivity contribution is 7.78. The first-order valence-corrected chi connectivity index (χ1v) is 9.31. The van der Waals surface area contributed by atoms with E-state index in [1.165, 1.54) is 6.07 Å². The number of aliphatic imine (C=N–C) groups is 1. The average molecular weight is 422 g/mol. The molecule has 0 unspecified atom stereocenters. The van der Waals surface area contributed by atoms with Crippen molar-refractivity contribution in [2.24, 2.45) is 4.99 Å². The number of carbonyl (C=O) groups excluding carboxylic acids is 1. The lowest BCUT2D eigenvalue weighted by atomic mass is 9.91. The molecule has 0 spiro atoms. The first-order valence-electron chi connectivity index (χ1n) is 8.90. The molecule has 0 aromatic heterocycles. The molecule has 0 radical (unpaired) electrons. The van der Waals surface area contributed by atoms with Gasteiger partial charge in [-0.1, -0.05) is 60.7 Å². The van der Waals surface area contributed by atoms with Gasteiger partial charge in [-0.3, -0.25) is 4.79 Å². The molecule has 30 heavy (non-hydrogen) atoms. The number of isothiocyanates is 1. The van der Waals surface area contributed by atoms with Crippen LogP contribution in [0.25, 0.3) is 32.7 Å². The van der Waals surface area contributed by atoms with Gasteiger partial charge < -0.3 is 5.32 Å². The maximum absolute atomic E-state index is 13.0. The summed E-state index contributed by atoms with van der Waals surface area (Å²) in [6.07, 6.45) is -5.02. The number of amides is 1. The zero-order valence-corrected chi connectivity index (χ0v) is 16.1. The van der Waals surface area contributed by atoms with E-state index in [1.807, 2.05) is 47.8 Å². The van der Waals surface area contributed by atoms with Gasteiger partial charge in [0, 0.05) is 16.8 Å². The molecule has 1 N–H and O–H groups in total. The summed E-state index contributed by atoms with van der Waals surface area (Å²) in [6, 6.07) is 21.4. The summed E-state index contributed by atoms with van der Waals surface area (Å²) in [4.78, 5) is 15.9. The van der Waals surface area contributed by atoms with Crippen LogP contribution in [0.4, 0.5) is 24.5 Å². The highest BCUT2D eigenvalue weighted by atomic mass is 32.1. The van der Waals surface area contributed by atoms with Crippen molar-refractivity contribution in [2.45, 2.75) is 6.18 Å². The Labute approximate surface area is 174 Å². The molecule has 0 bridgehead atoms. The molecule has 0 fully saturated rings. The summed E-state index contributed by atoms with van der Waals surface area (Å²) in [5.41, 5.74) is 1.49. The second-order valence-electron chi connectivity index (χ2n) is 6.55. The lowest BCUT2D eigenvalue weighted by Gasteiger charge is -2.18. The maximum atomic E-state index is 13.0. The molecule has 0 atom stereocenters. The van der Waals surface area contributed by atoms with Gasteiger partial charge in [-0.05, 0) is 45.9 Å². The minimum absolute atomic E-state index is 0.0354. The summed E-state index contributed by atoms with van der Waals surface area (Å²) in [5, 5.41) is 7.48. The van der Waals surface area contributed by atoms with E-state index in [2.05, 4.69) is 10.2 Å². The number of halogens is 3. The van der Waals surface area contributed by atoms with Gasteiger partial charge in [-0.25, -0.2) is 0 Å². The molecule has 1 amide bonds. The molecule has 148 valence electrons. The van der Waals surface area contributed by atoms with Crippen molar-refractivity contribution >= 4 is 56.2 Å². The molecule has 0 aliphatic rings. The van der Waals surface area contributed by atoms with Crippen LogP contribution in [0.3, 0.4) is 0 Å². The fraction of sp³-hybridized carbons (Fsp3) is 0.0435. The number of hydrogen-bond donors (Lipinski definition) is 1. The Hall–Kier alpha value is -3.54. The minimum Gasteiger partial charge on any atom is -0.318 e. The van der Waals surface area contributed by atoms with Crippen LogP contribution in [0.15, 0.2) is 77.8 Å². The van der Waals surface area contributed by atoms with E-state index in [4.69, 9.17) is 12.2 Å². The van der Waals surface area contributed by atoms with Gasteiger partial charge in [0.15, 0.2) is 0 Å². The Morgan fingerprint density at radius 3 is 2.00 bits per heavy atom. The fourth-order valence-corrected chi connectivity index (χ4v) is 3.60. The molecule has 4 aromatic carbocycles. The molecule has 0 aliphatic carbocycles. The van der Waals surface area contributed by atoms with Gasteiger partial charge in [-0.15, -0.1) is 0 Å². The van der Waals surface area contributed by atoms with Crippen molar-refractivity contribution in [1.82, 2.24) is 0 Å². The molecular weight excluding hydrogens is 409 g/mol. The zero-order chi connectivity index (χ0) is 21.3. The quantitative estimate of drug-likeness (QED) is 0.288. The SMILES string of the molecule is O=C(Nc1ccc2ccccc2c1-c1c(N=C=S)ccc2ccccc12)C(F)(F)F. The van der Waals surface area contributed by atoms with E-state index in [-0.39, 0.29) is 5.69 Å². The lowest BCUT2D eigenvalue weighted by molar-refractivity contribution is -0.167. The Bertz CT molecular complexity index is 1340. The predicted octanol–water partition coefficient (Wildman–Crippen LogP) is 6.90. The first kappa shape index (κ1) is 19.8. The minimum atomic E-state index is -5.02. The smallest absolute Gasteiger partial charge is 0.318 e. The average Bonchev–Trinajstić information content (AvgIpc) is 2.73. The number of nitrogens with zero attached hydrogens (tertiary/aromatic N) is 1. The third-order valence-corrected chi connectivity index (χ3v) is 4.85. The number of benzene rings is 4. The number of nitrogens with one attached hydrogen (secondary N) is 1. The Balaban J connectivity index is 2.12. The summed E-state index contributed by atoms with van der Waals surface area (Å²) in [5.74, 6) is -2.04. The Morgan fingerprint density at radius 1 is 0.833 bits per heavy atom. The predicted molar refractivity (Wildman–Crippen MR) is 116 cm³/mol. The van der Waals surface area contributed by atoms with Crippen molar-refractivity contribution in [1.29, 1.82) is 0 Å². The topological polar surface area (TPSA) is 41.5 Å². The molecular formula is C23H13F3N2OS. The molecule has 7 heteroatoms. The largest absolute Gasteiger partial charge is 0.471 e. The van der Waals surface area contributed by atoms with E-state index >= 15 is 0 Å². The second-order valence-corrected chi connectivity index (χ2v) is 6.73. The summed E-state index contributed by atoms with van der Waals surface area (Å²) < 4.78 is 38.9. The number of alkyl halides is 3. The molecule has 3 nitrogen and oxygen atoms in total. The van der Waals surface area contributed by atoms with Crippen LogP contribution in [0.5, 0.6) is 0 Å². The van der Waals surface area contributed by atoms with Crippen LogP contribution in [-0.2, 0) is 4.79 Å². The Kier molecular flexibility index (Phi) is 5.08. The zero-order valence-electron chi connectivity index (χ0n) is 15.3. The van der Waals surface area contributed by atoms with Crippen molar-refractivity contribution in [2.75, 3.05) is 5.32 Å². The Morgan fingerprint density at radius 2 is 1.40 bits per heavy atom. The fourth-order valence-electron chi connectivity index (χ4n) is 3.50. The third-order valence-electron chi connectivity index (χ3n) is 4.76. The monoisotopic (exact) mass is 422 g/mol. The van der Waals surface area contributed by atoms with Crippen molar-refractivity contribution < 1.29 is 18.0 Å².